The Kier molecular flexibility index (Phi) is 2.75. The fraction of sp³-hybridized carbons (Fsp3) is 0.556. The SMILES string of the molecule is [CH3][Bi]([CH3])[C](C)(C)n1cccc1. The van der Waals surface area contributed by atoms with Crippen LogP contribution in [0.1, 0.15) is 13.8 Å². The van der Waals surface area contributed by atoms with E-state index in [0.29, 0.717) is 3.25 Å². The molecule has 1 nitrogen and oxygen atoms in total. The van der Waals surface area contributed by atoms with Crippen molar-refractivity contribution in [2.45, 2.75) is 26.4 Å². The topological polar surface area (TPSA) is 4.93 Å². The standard InChI is InChI=1S/C7H10N.2CH3.Bi/c1-7(2)8-5-3-4-6-8;;;/h3-6H,1-2H3;2*1H3;. The van der Waals surface area contributed by atoms with Crippen molar-refractivity contribution in [3.8, 4) is 0 Å². The fourth-order valence-corrected chi connectivity index (χ4v) is 3.24. The fourth-order valence-electron chi connectivity index (χ4n) is 0.930. The van der Waals surface area contributed by atoms with Gasteiger partial charge in [0.15, 0.2) is 0 Å². The van der Waals surface area contributed by atoms with Gasteiger partial charge in [-0.3, -0.25) is 0 Å². The van der Waals surface area contributed by atoms with Crippen LogP contribution in [0, 0.1) is 0 Å². The van der Waals surface area contributed by atoms with Gasteiger partial charge in [-0.2, -0.15) is 0 Å². The van der Waals surface area contributed by atoms with Crippen LogP contribution in [0.5, 0.6) is 0 Å². The molecule has 0 unspecified atom stereocenters. The Bertz CT molecular complexity index is 211. The van der Waals surface area contributed by atoms with Crippen molar-refractivity contribution in [1.82, 2.24) is 4.57 Å². The van der Waals surface area contributed by atoms with Gasteiger partial charge in [0.1, 0.15) is 0 Å². The van der Waals surface area contributed by atoms with E-state index in [-0.39, 0.29) is 0 Å². The minimum absolute atomic E-state index is 0.443. The molecular formula is C9H16BiN. The summed E-state index contributed by atoms with van der Waals surface area (Å²) >= 11 is -1.20. The van der Waals surface area contributed by atoms with Gasteiger partial charge in [0.05, 0.1) is 0 Å². The molecule has 0 fully saturated rings. The van der Waals surface area contributed by atoms with Gasteiger partial charge in [-0.1, -0.05) is 0 Å². The van der Waals surface area contributed by atoms with Crippen LogP contribution in [0.15, 0.2) is 24.5 Å². The molecule has 1 aromatic rings. The van der Waals surface area contributed by atoms with Crippen molar-refractivity contribution < 1.29 is 0 Å². The monoisotopic (exact) mass is 347 g/mol. The zero-order chi connectivity index (χ0) is 8.48. The molecule has 0 radical (unpaired) electrons. The van der Waals surface area contributed by atoms with Gasteiger partial charge in [-0.25, -0.2) is 0 Å². The Morgan fingerprint density at radius 1 is 1.09 bits per heavy atom. The quantitative estimate of drug-likeness (QED) is 0.725. The number of hydrogen-bond donors (Lipinski definition) is 0. The first-order chi connectivity index (χ1) is 5.05. The first-order valence-electron chi connectivity index (χ1n) is 3.86. The molecule has 0 aliphatic carbocycles. The van der Waals surface area contributed by atoms with Crippen molar-refractivity contribution in [2.75, 3.05) is 0 Å². The summed E-state index contributed by atoms with van der Waals surface area (Å²) in [5.74, 6) is 0. The van der Waals surface area contributed by atoms with Crippen molar-refractivity contribution in [1.29, 1.82) is 0 Å². The number of hydrogen-bond acceptors (Lipinski definition) is 0. The van der Waals surface area contributed by atoms with E-state index in [2.05, 4.69) is 52.2 Å². The van der Waals surface area contributed by atoms with E-state index in [0.717, 1.165) is 0 Å². The molecule has 1 aromatic heterocycles. The van der Waals surface area contributed by atoms with Crippen LogP contribution in [0.25, 0.3) is 0 Å². The molecule has 62 valence electrons. The minimum atomic E-state index is -1.20. The van der Waals surface area contributed by atoms with Crippen molar-refractivity contribution >= 4 is 21.8 Å². The van der Waals surface area contributed by atoms with Crippen LogP contribution >= 0.6 is 0 Å². The molecule has 11 heavy (non-hydrogen) atoms. The van der Waals surface area contributed by atoms with Crippen molar-refractivity contribution in [3.05, 3.63) is 24.5 Å². The van der Waals surface area contributed by atoms with Gasteiger partial charge in [-0.15, -0.1) is 0 Å². The average molecular weight is 347 g/mol. The van der Waals surface area contributed by atoms with Gasteiger partial charge >= 0.3 is 77.2 Å². The molecule has 0 bridgehead atoms. The Morgan fingerprint density at radius 3 is 1.91 bits per heavy atom. The van der Waals surface area contributed by atoms with E-state index in [9.17, 15) is 0 Å². The van der Waals surface area contributed by atoms with E-state index in [1.807, 2.05) is 0 Å². The summed E-state index contributed by atoms with van der Waals surface area (Å²) < 4.78 is 7.70. The van der Waals surface area contributed by atoms with Gasteiger partial charge in [0.2, 0.25) is 0 Å². The predicted molar refractivity (Wildman–Crippen MR) is 51.2 cm³/mol. The molecule has 1 heterocycles. The number of nitrogens with zero attached hydrogens (tertiary/aromatic N) is 1. The molecule has 2 heteroatoms. The summed E-state index contributed by atoms with van der Waals surface area (Å²) in [5, 5.41) is 0. The van der Waals surface area contributed by atoms with E-state index in [4.69, 9.17) is 0 Å². The van der Waals surface area contributed by atoms with E-state index in [1.54, 1.807) is 0 Å². The van der Waals surface area contributed by atoms with Crippen LogP contribution < -0.4 is 0 Å². The van der Waals surface area contributed by atoms with Gasteiger partial charge in [-0.05, 0) is 0 Å². The first kappa shape index (κ1) is 9.25. The Balaban J connectivity index is 2.90. The molecule has 0 aliphatic heterocycles. The summed E-state index contributed by atoms with van der Waals surface area (Å²) in [6.45, 7) is 4.70. The summed E-state index contributed by atoms with van der Waals surface area (Å²) in [4.78, 5) is 0. The Labute approximate surface area is 77.1 Å². The molecule has 0 atom stereocenters. The maximum atomic E-state index is 2.45. The van der Waals surface area contributed by atoms with Crippen LogP contribution in [-0.2, 0) is 3.25 Å². The third-order valence-corrected chi connectivity index (χ3v) is 11.7. The number of rotatable bonds is 2. The third kappa shape index (κ3) is 1.84. The molecular weight excluding hydrogens is 331 g/mol. The second-order valence-corrected chi connectivity index (χ2v) is 14.7. The molecule has 0 saturated carbocycles. The number of aromatic nitrogens is 1. The molecule has 0 aliphatic rings. The molecule has 0 N–H and O–H groups in total. The summed E-state index contributed by atoms with van der Waals surface area (Å²) in [6.07, 6.45) is 4.35. The van der Waals surface area contributed by atoms with E-state index >= 15 is 0 Å². The second kappa shape index (κ2) is 3.27. The molecule has 0 spiro atoms. The van der Waals surface area contributed by atoms with Gasteiger partial charge in [0, 0.05) is 0 Å². The zero-order valence-electron chi connectivity index (χ0n) is 7.70. The summed E-state index contributed by atoms with van der Waals surface area (Å²) in [5.41, 5.74) is 0. The second-order valence-electron chi connectivity index (χ2n) is 3.48. The van der Waals surface area contributed by atoms with Crippen molar-refractivity contribution in [3.63, 3.8) is 0 Å². The molecule has 0 amide bonds. The van der Waals surface area contributed by atoms with Crippen LogP contribution in [0.4, 0.5) is 0 Å². The summed E-state index contributed by atoms with van der Waals surface area (Å²) in [7, 11) is 0. The zero-order valence-corrected chi connectivity index (χ0v) is 11.2. The molecule has 1 rings (SSSR count). The normalized spacial score (nSPS) is 12.5. The van der Waals surface area contributed by atoms with Crippen LogP contribution in [0.3, 0.4) is 0 Å². The van der Waals surface area contributed by atoms with Crippen LogP contribution in [-0.4, -0.2) is 26.3 Å². The first-order valence-corrected chi connectivity index (χ1v) is 12.6. The maximum absolute atomic E-state index is 2.45. The Morgan fingerprint density at radius 2 is 1.55 bits per heavy atom. The predicted octanol–water partition coefficient (Wildman–Crippen LogP) is 2.52. The molecule has 0 saturated heterocycles. The van der Waals surface area contributed by atoms with Gasteiger partial charge < -0.3 is 0 Å². The third-order valence-electron chi connectivity index (χ3n) is 2.33. The van der Waals surface area contributed by atoms with Gasteiger partial charge in [0.25, 0.3) is 0 Å². The Hall–Kier alpha value is 0.163. The van der Waals surface area contributed by atoms with Crippen molar-refractivity contribution in [2.24, 2.45) is 0 Å². The average Bonchev–Trinajstić information content (AvgIpc) is 2.37. The van der Waals surface area contributed by atoms with E-state index < -0.39 is 21.8 Å². The molecule has 0 aromatic carbocycles. The summed E-state index contributed by atoms with van der Waals surface area (Å²) in [6, 6.07) is 4.21. The van der Waals surface area contributed by atoms with Crippen LogP contribution in [0.2, 0.25) is 9.26 Å². The van der Waals surface area contributed by atoms with E-state index in [1.165, 1.54) is 0 Å².